The Morgan fingerprint density at radius 2 is 1.50 bits per heavy atom. The number of hydrogen-bond acceptors (Lipinski definition) is 1. The monoisotopic (exact) mass is 211 g/mol. The van der Waals surface area contributed by atoms with Crippen LogP contribution in [0.4, 0.5) is 0 Å². The predicted molar refractivity (Wildman–Crippen MR) is 68.4 cm³/mol. The Balaban J connectivity index is 2.34. The summed E-state index contributed by atoms with van der Waals surface area (Å²) in [4.78, 5) is 0. The summed E-state index contributed by atoms with van der Waals surface area (Å²) >= 11 is 0. The van der Waals surface area contributed by atoms with Gasteiger partial charge in [-0.25, -0.2) is 0 Å². The fourth-order valence-electron chi connectivity index (χ4n) is 1.81. The minimum Gasteiger partial charge on any atom is -0.320 e. The smallest absolute Gasteiger partial charge is 0.0551 e. The van der Waals surface area contributed by atoms with E-state index in [1.165, 1.54) is 16.7 Å². The molecule has 2 N–H and O–H groups in total. The van der Waals surface area contributed by atoms with Crippen LogP contribution in [0.3, 0.4) is 0 Å². The number of rotatable bonds is 2. The molecule has 0 spiro atoms. The standard InChI is InChI=1S/C15H17N/c1-11-8-9-14(10-12(11)2)15(16)13-6-4-3-5-7-13/h3-10,15H,16H2,1-2H3/t15-/m0/s1. The van der Waals surface area contributed by atoms with E-state index in [2.05, 4.69) is 44.2 Å². The first-order valence-electron chi connectivity index (χ1n) is 5.56. The molecule has 1 heteroatoms. The number of nitrogens with two attached hydrogens (primary N) is 1. The molecule has 2 rings (SSSR count). The van der Waals surface area contributed by atoms with E-state index >= 15 is 0 Å². The first kappa shape index (κ1) is 10.9. The molecule has 2 aromatic carbocycles. The van der Waals surface area contributed by atoms with Crippen LogP contribution in [0.5, 0.6) is 0 Å². The lowest BCUT2D eigenvalue weighted by atomic mass is 9.96. The molecule has 0 saturated heterocycles. The molecule has 0 unspecified atom stereocenters. The zero-order chi connectivity index (χ0) is 11.5. The number of aryl methyl sites for hydroxylation is 2. The van der Waals surface area contributed by atoms with Crippen molar-refractivity contribution in [2.24, 2.45) is 5.73 Å². The lowest BCUT2D eigenvalue weighted by Crippen LogP contribution is -2.11. The van der Waals surface area contributed by atoms with Crippen LogP contribution >= 0.6 is 0 Å². The summed E-state index contributed by atoms with van der Waals surface area (Å²) in [6.07, 6.45) is 0. The van der Waals surface area contributed by atoms with E-state index in [9.17, 15) is 0 Å². The molecule has 0 radical (unpaired) electrons. The average Bonchev–Trinajstić information content (AvgIpc) is 2.33. The Bertz CT molecular complexity index is 474. The predicted octanol–water partition coefficient (Wildman–Crippen LogP) is 3.35. The number of hydrogen-bond donors (Lipinski definition) is 1. The van der Waals surface area contributed by atoms with Gasteiger partial charge in [-0.15, -0.1) is 0 Å². The van der Waals surface area contributed by atoms with Gasteiger partial charge in [0, 0.05) is 0 Å². The zero-order valence-electron chi connectivity index (χ0n) is 9.77. The summed E-state index contributed by atoms with van der Waals surface area (Å²) in [5.41, 5.74) is 11.2. The number of benzene rings is 2. The lowest BCUT2D eigenvalue weighted by molar-refractivity contribution is 0.869. The van der Waals surface area contributed by atoms with Gasteiger partial charge in [0.25, 0.3) is 0 Å². The minimum absolute atomic E-state index is 0.0273. The molecule has 0 aliphatic carbocycles. The molecule has 1 nitrogen and oxygen atoms in total. The summed E-state index contributed by atoms with van der Waals surface area (Å²) < 4.78 is 0. The third kappa shape index (κ3) is 2.15. The van der Waals surface area contributed by atoms with Crippen LogP contribution < -0.4 is 5.73 Å². The maximum atomic E-state index is 6.24. The molecule has 0 aliphatic rings. The molecule has 0 bridgehead atoms. The largest absolute Gasteiger partial charge is 0.320 e. The van der Waals surface area contributed by atoms with Gasteiger partial charge in [0.05, 0.1) is 6.04 Å². The zero-order valence-corrected chi connectivity index (χ0v) is 9.77. The summed E-state index contributed by atoms with van der Waals surface area (Å²) in [5.74, 6) is 0. The van der Waals surface area contributed by atoms with E-state index in [4.69, 9.17) is 5.73 Å². The molecule has 0 amide bonds. The Labute approximate surface area is 96.9 Å². The highest BCUT2D eigenvalue weighted by Gasteiger charge is 2.08. The van der Waals surface area contributed by atoms with Crippen LogP contribution in [0.1, 0.15) is 28.3 Å². The van der Waals surface area contributed by atoms with Gasteiger partial charge < -0.3 is 5.73 Å². The Hall–Kier alpha value is -1.60. The molecule has 0 saturated carbocycles. The molecular formula is C15H17N. The normalized spacial score (nSPS) is 12.4. The Morgan fingerprint density at radius 3 is 2.12 bits per heavy atom. The fraction of sp³-hybridized carbons (Fsp3) is 0.200. The summed E-state index contributed by atoms with van der Waals surface area (Å²) in [6, 6.07) is 16.6. The second kappa shape index (κ2) is 4.50. The van der Waals surface area contributed by atoms with E-state index in [0.717, 1.165) is 5.56 Å². The highest BCUT2D eigenvalue weighted by molar-refractivity contribution is 5.36. The van der Waals surface area contributed by atoms with E-state index in [0.29, 0.717) is 0 Å². The summed E-state index contributed by atoms with van der Waals surface area (Å²) in [5, 5.41) is 0. The third-order valence-corrected chi connectivity index (χ3v) is 3.05. The van der Waals surface area contributed by atoms with E-state index in [-0.39, 0.29) is 6.04 Å². The quantitative estimate of drug-likeness (QED) is 0.810. The van der Waals surface area contributed by atoms with Crippen LogP contribution in [0.25, 0.3) is 0 Å². The van der Waals surface area contributed by atoms with Crippen molar-refractivity contribution < 1.29 is 0 Å². The van der Waals surface area contributed by atoms with Crippen molar-refractivity contribution in [3.8, 4) is 0 Å². The SMILES string of the molecule is Cc1ccc([C@@H](N)c2ccccc2)cc1C. The van der Waals surface area contributed by atoms with Crippen LogP contribution in [-0.4, -0.2) is 0 Å². The van der Waals surface area contributed by atoms with Crippen molar-refractivity contribution in [1.82, 2.24) is 0 Å². The highest BCUT2D eigenvalue weighted by atomic mass is 14.6. The van der Waals surface area contributed by atoms with Gasteiger partial charge in [0.15, 0.2) is 0 Å². The fourth-order valence-corrected chi connectivity index (χ4v) is 1.81. The van der Waals surface area contributed by atoms with Crippen molar-refractivity contribution >= 4 is 0 Å². The van der Waals surface area contributed by atoms with E-state index in [1.54, 1.807) is 0 Å². The Morgan fingerprint density at radius 1 is 0.812 bits per heavy atom. The van der Waals surface area contributed by atoms with Crippen molar-refractivity contribution in [2.45, 2.75) is 19.9 Å². The topological polar surface area (TPSA) is 26.0 Å². The van der Waals surface area contributed by atoms with E-state index < -0.39 is 0 Å². The second-order valence-corrected chi connectivity index (χ2v) is 4.23. The van der Waals surface area contributed by atoms with Crippen molar-refractivity contribution in [3.63, 3.8) is 0 Å². The van der Waals surface area contributed by atoms with Gasteiger partial charge in [-0.2, -0.15) is 0 Å². The van der Waals surface area contributed by atoms with Gasteiger partial charge in [-0.3, -0.25) is 0 Å². The molecule has 82 valence electrons. The first-order chi connectivity index (χ1) is 7.68. The van der Waals surface area contributed by atoms with Gasteiger partial charge in [-0.05, 0) is 36.1 Å². The molecule has 0 aliphatic heterocycles. The maximum absolute atomic E-state index is 6.24. The molecule has 2 aromatic rings. The molecule has 0 fully saturated rings. The van der Waals surface area contributed by atoms with Gasteiger partial charge >= 0.3 is 0 Å². The molecule has 0 heterocycles. The highest BCUT2D eigenvalue weighted by Crippen LogP contribution is 2.21. The van der Waals surface area contributed by atoms with Crippen LogP contribution in [0, 0.1) is 13.8 Å². The first-order valence-corrected chi connectivity index (χ1v) is 5.56. The van der Waals surface area contributed by atoms with Gasteiger partial charge in [0.1, 0.15) is 0 Å². The lowest BCUT2D eigenvalue weighted by Gasteiger charge is -2.14. The summed E-state index contributed by atoms with van der Waals surface area (Å²) in [6.45, 7) is 4.24. The van der Waals surface area contributed by atoms with Gasteiger partial charge in [0.2, 0.25) is 0 Å². The minimum atomic E-state index is -0.0273. The van der Waals surface area contributed by atoms with Crippen molar-refractivity contribution in [2.75, 3.05) is 0 Å². The third-order valence-electron chi connectivity index (χ3n) is 3.05. The van der Waals surface area contributed by atoms with E-state index in [1.807, 2.05) is 18.2 Å². The molecular weight excluding hydrogens is 194 g/mol. The molecule has 16 heavy (non-hydrogen) atoms. The van der Waals surface area contributed by atoms with Gasteiger partial charge in [-0.1, -0.05) is 48.5 Å². The molecule has 1 atom stereocenters. The maximum Gasteiger partial charge on any atom is 0.0551 e. The van der Waals surface area contributed by atoms with Crippen LogP contribution in [-0.2, 0) is 0 Å². The summed E-state index contributed by atoms with van der Waals surface area (Å²) in [7, 11) is 0. The van der Waals surface area contributed by atoms with Crippen molar-refractivity contribution in [3.05, 3.63) is 70.8 Å². The average molecular weight is 211 g/mol. The van der Waals surface area contributed by atoms with Crippen LogP contribution in [0.15, 0.2) is 48.5 Å². The molecule has 0 aromatic heterocycles. The second-order valence-electron chi connectivity index (χ2n) is 4.23. The Kier molecular flexibility index (Phi) is 3.07. The van der Waals surface area contributed by atoms with Crippen LogP contribution in [0.2, 0.25) is 0 Å². The van der Waals surface area contributed by atoms with Crippen molar-refractivity contribution in [1.29, 1.82) is 0 Å².